The Morgan fingerprint density at radius 1 is 1.45 bits per heavy atom. The summed E-state index contributed by atoms with van der Waals surface area (Å²) in [6, 6.07) is 7.74. The minimum atomic E-state index is 0.0422. The van der Waals surface area contributed by atoms with Crippen molar-refractivity contribution in [3.8, 4) is 5.75 Å². The van der Waals surface area contributed by atoms with E-state index in [1.807, 2.05) is 24.3 Å². The van der Waals surface area contributed by atoms with Crippen molar-refractivity contribution < 1.29 is 9.53 Å². The summed E-state index contributed by atoms with van der Waals surface area (Å²) in [5.74, 6) is 1.37. The Hall–Kier alpha value is -1.55. The van der Waals surface area contributed by atoms with E-state index in [0.717, 1.165) is 11.3 Å². The molecule has 1 saturated carbocycles. The number of ether oxygens (including phenoxy) is 1. The van der Waals surface area contributed by atoms with Crippen LogP contribution in [0.15, 0.2) is 24.3 Å². The Morgan fingerprint density at radius 3 is 2.85 bits per heavy atom. The molecule has 1 fully saturated rings. The van der Waals surface area contributed by atoms with E-state index in [1.54, 1.807) is 7.11 Å². The molecule has 3 N–H and O–H groups in total. The van der Waals surface area contributed by atoms with Crippen LogP contribution in [0.4, 0.5) is 0 Å². The SMILES string of the molecule is COc1cccc(CC(=O)NC(CN)C2CCCC2)c1. The first kappa shape index (κ1) is 14.9. The summed E-state index contributed by atoms with van der Waals surface area (Å²) in [5.41, 5.74) is 6.77. The molecule has 1 amide bonds. The lowest BCUT2D eigenvalue weighted by atomic mass is 9.98. The molecule has 2 rings (SSSR count). The minimum absolute atomic E-state index is 0.0422. The van der Waals surface area contributed by atoms with Gasteiger partial charge in [0.25, 0.3) is 0 Å². The van der Waals surface area contributed by atoms with E-state index in [-0.39, 0.29) is 11.9 Å². The van der Waals surface area contributed by atoms with Gasteiger partial charge in [0.2, 0.25) is 5.91 Å². The molecule has 1 unspecified atom stereocenters. The monoisotopic (exact) mass is 276 g/mol. The van der Waals surface area contributed by atoms with Crippen molar-refractivity contribution in [3.63, 3.8) is 0 Å². The zero-order chi connectivity index (χ0) is 14.4. The summed E-state index contributed by atoms with van der Waals surface area (Å²) in [7, 11) is 1.63. The summed E-state index contributed by atoms with van der Waals surface area (Å²) in [6.45, 7) is 0.522. The molecule has 1 aromatic rings. The first-order valence-corrected chi connectivity index (χ1v) is 7.35. The maximum absolute atomic E-state index is 12.1. The van der Waals surface area contributed by atoms with Gasteiger partial charge in [-0.3, -0.25) is 4.79 Å². The van der Waals surface area contributed by atoms with Gasteiger partial charge < -0.3 is 15.8 Å². The fourth-order valence-electron chi connectivity index (χ4n) is 2.95. The summed E-state index contributed by atoms with van der Waals surface area (Å²) in [5, 5.41) is 3.09. The van der Waals surface area contributed by atoms with Crippen molar-refractivity contribution in [2.75, 3.05) is 13.7 Å². The molecule has 1 aliphatic carbocycles. The number of carbonyl (C=O) groups excluding carboxylic acids is 1. The highest BCUT2D eigenvalue weighted by Crippen LogP contribution is 2.27. The van der Waals surface area contributed by atoms with E-state index in [0.29, 0.717) is 18.9 Å². The molecule has 0 aromatic heterocycles. The molecule has 4 heteroatoms. The number of methoxy groups -OCH3 is 1. The van der Waals surface area contributed by atoms with E-state index in [2.05, 4.69) is 5.32 Å². The average Bonchev–Trinajstić information content (AvgIpc) is 2.99. The van der Waals surface area contributed by atoms with Gasteiger partial charge in [-0.1, -0.05) is 25.0 Å². The number of amides is 1. The Kier molecular flexibility index (Phi) is 5.41. The first-order valence-electron chi connectivity index (χ1n) is 7.35. The number of hydrogen-bond donors (Lipinski definition) is 2. The van der Waals surface area contributed by atoms with Gasteiger partial charge in [-0.15, -0.1) is 0 Å². The van der Waals surface area contributed by atoms with Crippen LogP contribution >= 0.6 is 0 Å². The zero-order valence-corrected chi connectivity index (χ0v) is 12.1. The topological polar surface area (TPSA) is 64.3 Å². The molecule has 0 bridgehead atoms. The molecule has 0 radical (unpaired) electrons. The van der Waals surface area contributed by atoms with Gasteiger partial charge >= 0.3 is 0 Å². The molecule has 1 aliphatic rings. The van der Waals surface area contributed by atoms with E-state index in [9.17, 15) is 4.79 Å². The van der Waals surface area contributed by atoms with Crippen molar-refractivity contribution in [2.24, 2.45) is 11.7 Å². The minimum Gasteiger partial charge on any atom is -0.497 e. The predicted octanol–water partition coefficient (Wildman–Crippen LogP) is 1.87. The molecule has 0 heterocycles. The zero-order valence-electron chi connectivity index (χ0n) is 12.1. The van der Waals surface area contributed by atoms with Crippen LogP contribution in [-0.2, 0) is 11.2 Å². The van der Waals surface area contributed by atoms with Crippen molar-refractivity contribution in [3.05, 3.63) is 29.8 Å². The molecule has 0 aliphatic heterocycles. The van der Waals surface area contributed by atoms with E-state index in [1.165, 1.54) is 25.7 Å². The molecule has 0 saturated heterocycles. The summed E-state index contributed by atoms with van der Waals surface area (Å²) >= 11 is 0. The lowest BCUT2D eigenvalue weighted by molar-refractivity contribution is -0.121. The van der Waals surface area contributed by atoms with Gasteiger partial charge in [-0.2, -0.15) is 0 Å². The smallest absolute Gasteiger partial charge is 0.224 e. The number of benzene rings is 1. The van der Waals surface area contributed by atoms with Gasteiger partial charge in [-0.05, 0) is 36.5 Å². The van der Waals surface area contributed by atoms with E-state index < -0.39 is 0 Å². The quantitative estimate of drug-likeness (QED) is 0.833. The van der Waals surface area contributed by atoms with Crippen LogP contribution in [-0.4, -0.2) is 25.6 Å². The van der Waals surface area contributed by atoms with Crippen LogP contribution in [0, 0.1) is 5.92 Å². The van der Waals surface area contributed by atoms with Crippen LogP contribution in [0.1, 0.15) is 31.2 Å². The van der Waals surface area contributed by atoms with Crippen LogP contribution < -0.4 is 15.8 Å². The van der Waals surface area contributed by atoms with Crippen molar-refractivity contribution >= 4 is 5.91 Å². The normalized spacial score (nSPS) is 16.9. The Bertz CT molecular complexity index is 442. The highest BCUT2D eigenvalue weighted by atomic mass is 16.5. The molecule has 0 spiro atoms. The van der Waals surface area contributed by atoms with Crippen LogP contribution in [0.3, 0.4) is 0 Å². The number of nitrogens with one attached hydrogen (secondary N) is 1. The number of hydrogen-bond acceptors (Lipinski definition) is 3. The fourth-order valence-corrected chi connectivity index (χ4v) is 2.95. The lowest BCUT2D eigenvalue weighted by Gasteiger charge is -2.23. The Balaban J connectivity index is 1.90. The molecule has 4 nitrogen and oxygen atoms in total. The lowest BCUT2D eigenvalue weighted by Crippen LogP contribution is -2.45. The maximum atomic E-state index is 12.1. The largest absolute Gasteiger partial charge is 0.497 e. The summed E-state index contributed by atoms with van der Waals surface area (Å²) in [6.07, 6.45) is 5.25. The third-order valence-corrected chi connectivity index (χ3v) is 4.07. The van der Waals surface area contributed by atoms with Gasteiger partial charge in [0.15, 0.2) is 0 Å². The number of nitrogens with two attached hydrogens (primary N) is 1. The van der Waals surface area contributed by atoms with E-state index >= 15 is 0 Å². The van der Waals surface area contributed by atoms with E-state index in [4.69, 9.17) is 10.5 Å². The third kappa shape index (κ3) is 3.97. The molecular formula is C16H24N2O2. The molecule has 1 aromatic carbocycles. The van der Waals surface area contributed by atoms with Gasteiger partial charge in [0, 0.05) is 12.6 Å². The van der Waals surface area contributed by atoms with Crippen LogP contribution in [0.5, 0.6) is 5.75 Å². The summed E-state index contributed by atoms with van der Waals surface area (Å²) < 4.78 is 5.17. The third-order valence-electron chi connectivity index (χ3n) is 4.07. The molecule has 110 valence electrons. The average molecular weight is 276 g/mol. The second-order valence-electron chi connectivity index (χ2n) is 5.48. The maximum Gasteiger partial charge on any atom is 0.224 e. The van der Waals surface area contributed by atoms with Gasteiger partial charge in [0.05, 0.1) is 13.5 Å². The molecule has 20 heavy (non-hydrogen) atoms. The van der Waals surface area contributed by atoms with Crippen LogP contribution in [0.25, 0.3) is 0 Å². The number of carbonyl (C=O) groups is 1. The van der Waals surface area contributed by atoms with Crippen molar-refractivity contribution in [1.29, 1.82) is 0 Å². The first-order chi connectivity index (χ1) is 9.72. The highest BCUT2D eigenvalue weighted by molar-refractivity contribution is 5.79. The number of rotatable bonds is 6. The van der Waals surface area contributed by atoms with Crippen molar-refractivity contribution in [1.82, 2.24) is 5.32 Å². The van der Waals surface area contributed by atoms with Gasteiger partial charge in [0.1, 0.15) is 5.75 Å². The van der Waals surface area contributed by atoms with Crippen LogP contribution in [0.2, 0.25) is 0 Å². The Labute approximate surface area is 120 Å². The van der Waals surface area contributed by atoms with Gasteiger partial charge in [-0.25, -0.2) is 0 Å². The fraction of sp³-hybridized carbons (Fsp3) is 0.562. The molecule has 1 atom stereocenters. The standard InChI is InChI=1S/C16H24N2O2/c1-20-14-8-4-5-12(9-14)10-16(19)18-15(11-17)13-6-2-3-7-13/h4-5,8-9,13,15H,2-3,6-7,10-11,17H2,1H3,(H,18,19). The van der Waals surface area contributed by atoms with Crippen molar-refractivity contribution in [2.45, 2.75) is 38.1 Å². The second kappa shape index (κ2) is 7.29. The Morgan fingerprint density at radius 2 is 2.20 bits per heavy atom. The highest BCUT2D eigenvalue weighted by Gasteiger charge is 2.25. The predicted molar refractivity (Wildman–Crippen MR) is 79.6 cm³/mol. The second-order valence-corrected chi connectivity index (χ2v) is 5.48. The molecular weight excluding hydrogens is 252 g/mol. The summed E-state index contributed by atoms with van der Waals surface area (Å²) in [4.78, 5) is 12.1.